The zero-order chi connectivity index (χ0) is 15.2. The van der Waals surface area contributed by atoms with Gasteiger partial charge in [0.2, 0.25) is 5.56 Å². The molecule has 1 heterocycles. The molecule has 1 saturated carbocycles. The molecule has 1 fully saturated rings. The second-order valence-corrected chi connectivity index (χ2v) is 5.91. The van der Waals surface area contributed by atoms with Crippen LogP contribution in [0, 0.1) is 12.8 Å². The second kappa shape index (κ2) is 7.41. The van der Waals surface area contributed by atoms with Crippen LogP contribution >= 0.6 is 0 Å². The van der Waals surface area contributed by atoms with Crippen molar-refractivity contribution in [1.82, 2.24) is 10.3 Å². The first-order chi connectivity index (χ1) is 10.1. The molecule has 116 valence electrons. The molecule has 1 atom stereocenters. The number of nitrogens with one attached hydrogen (secondary N) is 2. The SMILES string of the molecule is Cc1cc(C(=O)NC(CCO)C2CCCCC2)cc(=O)[nH]1. The van der Waals surface area contributed by atoms with Crippen molar-refractivity contribution in [1.29, 1.82) is 0 Å². The maximum absolute atomic E-state index is 12.3. The van der Waals surface area contributed by atoms with E-state index in [0.29, 0.717) is 23.6 Å². The van der Waals surface area contributed by atoms with Gasteiger partial charge >= 0.3 is 0 Å². The Morgan fingerprint density at radius 1 is 1.38 bits per heavy atom. The van der Waals surface area contributed by atoms with Crippen LogP contribution in [0.25, 0.3) is 0 Å². The number of aromatic amines is 1. The molecule has 0 bridgehead atoms. The number of aromatic nitrogens is 1. The van der Waals surface area contributed by atoms with Gasteiger partial charge in [0.05, 0.1) is 0 Å². The molecule has 21 heavy (non-hydrogen) atoms. The molecule has 1 amide bonds. The Kier molecular flexibility index (Phi) is 5.56. The quantitative estimate of drug-likeness (QED) is 0.773. The lowest BCUT2D eigenvalue weighted by Gasteiger charge is -2.30. The maximum Gasteiger partial charge on any atom is 0.251 e. The molecule has 0 saturated heterocycles. The summed E-state index contributed by atoms with van der Waals surface area (Å²) in [5, 5.41) is 12.2. The topological polar surface area (TPSA) is 82.2 Å². The average molecular weight is 292 g/mol. The molecule has 0 aliphatic heterocycles. The van der Waals surface area contributed by atoms with E-state index < -0.39 is 0 Å². The van der Waals surface area contributed by atoms with Gasteiger partial charge < -0.3 is 15.4 Å². The molecule has 0 aromatic carbocycles. The van der Waals surface area contributed by atoms with E-state index in [4.69, 9.17) is 0 Å². The Balaban J connectivity index is 2.08. The summed E-state index contributed by atoms with van der Waals surface area (Å²) in [6.07, 6.45) is 6.39. The van der Waals surface area contributed by atoms with Crippen molar-refractivity contribution in [2.45, 2.75) is 51.5 Å². The summed E-state index contributed by atoms with van der Waals surface area (Å²) in [6, 6.07) is 2.98. The summed E-state index contributed by atoms with van der Waals surface area (Å²) in [6.45, 7) is 1.82. The van der Waals surface area contributed by atoms with E-state index in [0.717, 1.165) is 12.8 Å². The number of carbonyl (C=O) groups is 1. The number of aliphatic hydroxyl groups is 1. The molecular formula is C16H24N2O3. The van der Waals surface area contributed by atoms with Crippen molar-refractivity contribution < 1.29 is 9.90 Å². The molecule has 0 spiro atoms. The van der Waals surface area contributed by atoms with Crippen LogP contribution in [0.4, 0.5) is 0 Å². The summed E-state index contributed by atoms with van der Waals surface area (Å²) in [7, 11) is 0. The molecule has 1 aromatic rings. The number of amides is 1. The Bertz CT molecular complexity index is 533. The monoisotopic (exact) mass is 292 g/mol. The van der Waals surface area contributed by atoms with Crippen LogP contribution in [0.3, 0.4) is 0 Å². The lowest BCUT2D eigenvalue weighted by atomic mass is 9.82. The highest BCUT2D eigenvalue weighted by Crippen LogP contribution is 2.27. The zero-order valence-electron chi connectivity index (χ0n) is 12.5. The lowest BCUT2D eigenvalue weighted by molar-refractivity contribution is 0.0899. The van der Waals surface area contributed by atoms with Crippen LogP contribution in [0.5, 0.6) is 0 Å². The number of rotatable bonds is 5. The van der Waals surface area contributed by atoms with Crippen LogP contribution in [0.1, 0.15) is 54.6 Å². The second-order valence-electron chi connectivity index (χ2n) is 5.91. The van der Waals surface area contributed by atoms with Crippen molar-refractivity contribution in [3.8, 4) is 0 Å². The van der Waals surface area contributed by atoms with E-state index in [9.17, 15) is 14.7 Å². The lowest BCUT2D eigenvalue weighted by Crippen LogP contribution is -2.42. The first kappa shape index (κ1) is 15.8. The van der Waals surface area contributed by atoms with Gasteiger partial charge in [0.15, 0.2) is 0 Å². The highest BCUT2D eigenvalue weighted by atomic mass is 16.3. The fourth-order valence-electron chi connectivity index (χ4n) is 3.17. The number of pyridine rings is 1. The van der Waals surface area contributed by atoms with Crippen LogP contribution in [0.15, 0.2) is 16.9 Å². The molecular weight excluding hydrogens is 268 g/mol. The van der Waals surface area contributed by atoms with Gasteiger partial charge in [-0.3, -0.25) is 9.59 Å². The number of hydrogen-bond donors (Lipinski definition) is 3. The Labute approximate surface area is 124 Å². The molecule has 1 aliphatic rings. The molecule has 1 aromatic heterocycles. The van der Waals surface area contributed by atoms with Crippen LogP contribution < -0.4 is 10.9 Å². The zero-order valence-corrected chi connectivity index (χ0v) is 12.5. The standard InChI is InChI=1S/C16H24N2O3/c1-11-9-13(10-15(20)17-11)16(21)18-14(7-8-19)12-5-3-2-4-6-12/h9-10,12,14,19H,2-8H2,1H3,(H,17,20)(H,18,21). The molecule has 2 rings (SSSR count). The van der Waals surface area contributed by atoms with Gasteiger partial charge in [-0.15, -0.1) is 0 Å². The van der Waals surface area contributed by atoms with Crippen molar-refractivity contribution in [2.24, 2.45) is 5.92 Å². The smallest absolute Gasteiger partial charge is 0.251 e. The van der Waals surface area contributed by atoms with Crippen LogP contribution in [-0.4, -0.2) is 28.6 Å². The van der Waals surface area contributed by atoms with Crippen molar-refractivity contribution in [3.63, 3.8) is 0 Å². The Morgan fingerprint density at radius 3 is 2.71 bits per heavy atom. The fraction of sp³-hybridized carbons (Fsp3) is 0.625. The minimum absolute atomic E-state index is 0.0117. The van der Waals surface area contributed by atoms with E-state index in [1.165, 1.54) is 25.3 Å². The maximum atomic E-state index is 12.3. The van der Waals surface area contributed by atoms with E-state index in [1.54, 1.807) is 13.0 Å². The van der Waals surface area contributed by atoms with Gasteiger partial charge in [0.1, 0.15) is 0 Å². The van der Waals surface area contributed by atoms with E-state index >= 15 is 0 Å². The van der Waals surface area contributed by atoms with Gasteiger partial charge in [-0.2, -0.15) is 0 Å². The van der Waals surface area contributed by atoms with E-state index in [2.05, 4.69) is 10.3 Å². The summed E-state index contributed by atoms with van der Waals surface area (Å²) in [5.41, 5.74) is 0.788. The molecule has 3 N–H and O–H groups in total. The van der Waals surface area contributed by atoms with Gasteiger partial charge in [-0.25, -0.2) is 0 Å². The number of hydrogen-bond acceptors (Lipinski definition) is 3. The number of aryl methyl sites for hydroxylation is 1. The summed E-state index contributed by atoms with van der Waals surface area (Å²) < 4.78 is 0. The molecule has 1 aliphatic carbocycles. The molecule has 1 unspecified atom stereocenters. The van der Waals surface area contributed by atoms with Gasteiger partial charge in [-0.05, 0) is 38.2 Å². The summed E-state index contributed by atoms with van der Waals surface area (Å²) in [4.78, 5) is 26.4. The third-order valence-corrected chi connectivity index (χ3v) is 4.22. The molecule has 5 nitrogen and oxygen atoms in total. The molecule has 5 heteroatoms. The van der Waals surface area contributed by atoms with Gasteiger partial charge in [-0.1, -0.05) is 19.3 Å². The Hall–Kier alpha value is -1.62. The minimum Gasteiger partial charge on any atom is -0.396 e. The summed E-state index contributed by atoms with van der Waals surface area (Å²) >= 11 is 0. The predicted octanol–water partition coefficient (Wildman–Crippen LogP) is 1.74. The molecule has 0 radical (unpaired) electrons. The van der Waals surface area contributed by atoms with Crippen LogP contribution in [0.2, 0.25) is 0 Å². The fourth-order valence-corrected chi connectivity index (χ4v) is 3.17. The Morgan fingerprint density at radius 2 is 2.10 bits per heavy atom. The minimum atomic E-state index is -0.267. The summed E-state index contributed by atoms with van der Waals surface area (Å²) in [5.74, 6) is 0.200. The first-order valence-electron chi connectivity index (χ1n) is 7.73. The van der Waals surface area contributed by atoms with Crippen molar-refractivity contribution in [3.05, 3.63) is 33.7 Å². The number of H-pyrrole nitrogens is 1. The highest BCUT2D eigenvalue weighted by molar-refractivity contribution is 5.94. The van der Waals surface area contributed by atoms with Crippen molar-refractivity contribution in [2.75, 3.05) is 6.61 Å². The predicted molar refractivity (Wildman–Crippen MR) is 81.3 cm³/mol. The third-order valence-electron chi connectivity index (χ3n) is 4.22. The van der Waals surface area contributed by atoms with E-state index in [-0.39, 0.29) is 24.1 Å². The third kappa shape index (κ3) is 4.43. The van der Waals surface area contributed by atoms with E-state index in [1.807, 2.05) is 0 Å². The van der Waals surface area contributed by atoms with Gasteiger partial charge in [0.25, 0.3) is 5.91 Å². The van der Waals surface area contributed by atoms with Gasteiger partial charge in [0, 0.05) is 30.0 Å². The largest absolute Gasteiger partial charge is 0.396 e. The van der Waals surface area contributed by atoms with Crippen LogP contribution in [-0.2, 0) is 0 Å². The first-order valence-corrected chi connectivity index (χ1v) is 7.73. The normalized spacial score (nSPS) is 17.4. The average Bonchev–Trinajstić information content (AvgIpc) is 2.46. The van der Waals surface area contributed by atoms with Crippen molar-refractivity contribution >= 4 is 5.91 Å². The highest BCUT2D eigenvalue weighted by Gasteiger charge is 2.25. The number of aliphatic hydroxyl groups excluding tert-OH is 1. The number of carbonyl (C=O) groups excluding carboxylic acids is 1.